The largest absolute Gasteiger partial charge is 0.508 e. The van der Waals surface area contributed by atoms with E-state index in [9.17, 15) is 14.7 Å². The van der Waals surface area contributed by atoms with Crippen molar-refractivity contribution in [2.24, 2.45) is 5.92 Å². The molecule has 2 N–H and O–H groups in total. The second-order valence-electron chi connectivity index (χ2n) is 7.21. The Hall–Kier alpha value is -3.19. The molecule has 0 aromatic heterocycles. The summed E-state index contributed by atoms with van der Waals surface area (Å²) in [5.41, 5.74) is 1.39. The minimum atomic E-state index is -0.592. The fourth-order valence-electron chi connectivity index (χ4n) is 3.32. The van der Waals surface area contributed by atoms with E-state index in [1.54, 1.807) is 24.3 Å². The summed E-state index contributed by atoms with van der Waals surface area (Å²) >= 11 is 3.89. The molecule has 0 aliphatic carbocycles. The number of phenols is 1. The summed E-state index contributed by atoms with van der Waals surface area (Å²) < 4.78 is 10.9. The number of aromatic hydroxyl groups is 1. The van der Waals surface area contributed by atoms with Gasteiger partial charge in [-0.05, 0) is 35.6 Å². The number of benzene rings is 3. The number of fused-ring (bicyclic) bond motifs is 1. The number of hydrogen-bond acceptors (Lipinski definition) is 6. The molecule has 0 radical (unpaired) electrons. The summed E-state index contributed by atoms with van der Waals surface area (Å²) in [5.74, 6) is -0.403. The fraction of sp³-hybridized carbons (Fsp3) is 0.250. The molecule has 0 saturated carbocycles. The number of phenolic OH excluding ortho intramolecular Hbond substituents is 1. The van der Waals surface area contributed by atoms with Crippen LogP contribution in [-0.4, -0.2) is 29.5 Å². The summed E-state index contributed by atoms with van der Waals surface area (Å²) in [4.78, 5) is 24.1. The number of carbonyl (C=O) groups excluding carboxylic acids is 2. The van der Waals surface area contributed by atoms with E-state index in [1.165, 1.54) is 0 Å². The molecular formula is C24H25NO5S. The van der Waals surface area contributed by atoms with Gasteiger partial charge in [0, 0.05) is 11.3 Å². The molecule has 0 heterocycles. The summed E-state index contributed by atoms with van der Waals surface area (Å²) in [5, 5.41) is 14.3. The third-order valence-corrected chi connectivity index (χ3v) is 5.22. The first-order valence-electron chi connectivity index (χ1n) is 9.98. The van der Waals surface area contributed by atoms with Crippen molar-refractivity contribution in [3.05, 3.63) is 72.3 Å². The van der Waals surface area contributed by atoms with Crippen LogP contribution in [0.1, 0.15) is 25.0 Å². The maximum Gasteiger partial charge on any atom is 0.412 e. The normalized spacial score (nSPS) is 12.7. The van der Waals surface area contributed by atoms with Crippen molar-refractivity contribution >= 4 is 41.2 Å². The van der Waals surface area contributed by atoms with Gasteiger partial charge in [-0.2, -0.15) is 12.6 Å². The summed E-state index contributed by atoms with van der Waals surface area (Å²) in [6.45, 7) is 2.11. The zero-order valence-corrected chi connectivity index (χ0v) is 18.0. The Kier molecular flexibility index (Phi) is 7.78. The lowest BCUT2D eigenvalue weighted by Gasteiger charge is -2.25. The first-order chi connectivity index (χ1) is 15.0. The molecule has 3 aromatic rings. The molecule has 0 unspecified atom stereocenters. The Bertz CT molecular complexity index is 1030. The molecule has 31 heavy (non-hydrogen) atoms. The monoisotopic (exact) mass is 439 g/mol. The number of esters is 1. The minimum absolute atomic E-state index is 0.0136. The van der Waals surface area contributed by atoms with Crippen LogP contribution in [0.5, 0.6) is 5.75 Å². The number of nitrogens with one attached hydrogen (secondary N) is 1. The molecule has 0 saturated heterocycles. The molecule has 0 aliphatic rings. The van der Waals surface area contributed by atoms with Gasteiger partial charge >= 0.3 is 12.1 Å². The molecule has 6 nitrogen and oxygen atoms in total. The maximum atomic E-state index is 12.8. The minimum Gasteiger partial charge on any atom is -0.508 e. The van der Waals surface area contributed by atoms with Crippen LogP contribution >= 0.6 is 12.6 Å². The molecule has 0 bridgehead atoms. The quantitative estimate of drug-likeness (QED) is 0.326. The fourth-order valence-corrected chi connectivity index (χ4v) is 3.41. The van der Waals surface area contributed by atoms with E-state index in [0.29, 0.717) is 12.1 Å². The van der Waals surface area contributed by atoms with Gasteiger partial charge in [0.2, 0.25) is 0 Å². The van der Waals surface area contributed by atoms with Crippen LogP contribution in [0.15, 0.2) is 66.7 Å². The Labute approximate surface area is 186 Å². The molecule has 3 rings (SSSR count). The van der Waals surface area contributed by atoms with Crippen molar-refractivity contribution < 1.29 is 24.2 Å². The highest BCUT2D eigenvalue weighted by atomic mass is 32.1. The van der Waals surface area contributed by atoms with Crippen molar-refractivity contribution in [2.75, 3.05) is 17.7 Å². The Balaban J connectivity index is 1.74. The number of hydrogen-bond donors (Lipinski definition) is 3. The third kappa shape index (κ3) is 6.15. The molecule has 3 aromatic carbocycles. The van der Waals surface area contributed by atoms with Gasteiger partial charge in [0.05, 0.1) is 18.0 Å². The molecule has 0 fully saturated rings. The lowest BCUT2D eigenvalue weighted by atomic mass is 9.94. The van der Waals surface area contributed by atoms with Gasteiger partial charge in [-0.3, -0.25) is 10.1 Å². The van der Waals surface area contributed by atoms with Crippen molar-refractivity contribution in [3.63, 3.8) is 0 Å². The first kappa shape index (κ1) is 22.5. The summed E-state index contributed by atoms with van der Waals surface area (Å²) in [6, 6.07) is 19.9. The van der Waals surface area contributed by atoms with E-state index < -0.39 is 18.2 Å². The first-order valence-corrected chi connectivity index (χ1v) is 10.6. The number of anilines is 1. The molecule has 1 amide bonds. The molecule has 0 spiro atoms. The van der Waals surface area contributed by atoms with Gasteiger partial charge in [-0.25, -0.2) is 4.79 Å². The van der Waals surface area contributed by atoms with E-state index in [1.807, 2.05) is 49.4 Å². The van der Waals surface area contributed by atoms with Gasteiger partial charge in [0.1, 0.15) is 11.9 Å². The van der Waals surface area contributed by atoms with E-state index in [-0.39, 0.29) is 24.0 Å². The molecular weight excluding hydrogens is 414 g/mol. The molecule has 7 heteroatoms. The van der Waals surface area contributed by atoms with Crippen LogP contribution < -0.4 is 5.32 Å². The van der Waals surface area contributed by atoms with Crippen LogP contribution in [0, 0.1) is 5.92 Å². The Morgan fingerprint density at radius 2 is 1.74 bits per heavy atom. The highest BCUT2D eigenvalue weighted by molar-refractivity contribution is 7.81. The number of thiol groups is 1. The van der Waals surface area contributed by atoms with E-state index >= 15 is 0 Å². The molecule has 0 aliphatic heterocycles. The van der Waals surface area contributed by atoms with Crippen molar-refractivity contribution in [1.82, 2.24) is 0 Å². The number of rotatable bonds is 8. The smallest absolute Gasteiger partial charge is 0.412 e. The Morgan fingerprint density at radius 1 is 1.03 bits per heavy atom. The van der Waals surface area contributed by atoms with Crippen LogP contribution in [0.3, 0.4) is 0 Å². The van der Waals surface area contributed by atoms with Crippen molar-refractivity contribution in [1.29, 1.82) is 0 Å². The van der Waals surface area contributed by atoms with Crippen LogP contribution in [0.2, 0.25) is 0 Å². The van der Waals surface area contributed by atoms with E-state index in [2.05, 4.69) is 17.9 Å². The van der Waals surface area contributed by atoms with Crippen LogP contribution in [0.4, 0.5) is 10.5 Å². The zero-order chi connectivity index (χ0) is 22.2. The van der Waals surface area contributed by atoms with Gasteiger partial charge in [0.15, 0.2) is 0 Å². The van der Waals surface area contributed by atoms with E-state index in [4.69, 9.17) is 9.47 Å². The van der Waals surface area contributed by atoms with E-state index in [0.717, 1.165) is 16.3 Å². The van der Waals surface area contributed by atoms with Gasteiger partial charge < -0.3 is 14.6 Å². The second-order valence-corrected chi connectivity index (χ2v) is 7.53. The average molecular weight is 440 g/mol. The zero-order valence-electron chi connectivity index (χ0n) is 17.2. The predicted molar refractivity (Wildman–Crippen MR) is 123 cm³/mol. The lowest BCUT2D eigenvalue weighted by Crippen LogP contribution is -2.23. The lowest BCUT2D eigenvalue weighted by molar-refractivity contribution is -0.141. The van der Waals surface area contributed by atoms with Gasteiger partial charge in [-0.1, -0.05) is 55.5 Å². The standard InChI is InChI=1S/C24H25NO5S/c1-16(13-14-29-22(27)15-31)23(18-9-11-19(26)12-10-18)30-24(28)25-21-8-4-6-17-5-2-3-7-20(17)21/h2-12,16,23,26,31H,13-15H2,1H3,(H,25,28)/t16-,23+/m0/s1. The highest BCUT2D eigenvalue weighted by Crippen LogP contribution is 2.31. The number of ether oxygens (including phenoxy) is 2. The Morgan fingerprint density at radius 3 is 2.48 bits per heavy atom. The van der Waals surface area contributed by atoms with Crippen LogP contribution in [-0.2, 0) is 14.3 Å². The average Bonchev–Trinajstić information content (AvgIpc) is 2.78. The molecule has 2 atom stereocenters. The second kappa shape index (κ2) is 10.7. The maximum absolute atomic E-state index is 12.8. The van der Waals surface area contributed by atoms with Gasteiger partial charge in [-0.15, -0.1) is 0 Å². The number of amides is 1. The van der Waals surface area contributed by atoms with Crippen LogP contribution in [0.25, 0.3) is 10.8 Å². The third-order valence-electron chi connectivity index (χ3n) is 4.96. The summed E-state index contributed by atoms with van der Waals surface area (Å²) in [6.07, 6.45) is -0.689. The SMILES string of the molecule is C[C@@H](CCOC(=O)CS)[C@@H](OC(=O)Nc1cccc2ccccc12)c1ccc(O)cc1. The summed E-state index contributed by atoms with van der Waals surface area (Å²) in [7, 11) is 0. The van der Waals surface area contributed by atoms with Crippen molar-refractivity contribution in [2.45, 2.75) is 19.4 Å². The number of carbonyl (C=O) groups is 2. The van der Waals surface area contributed by atoms with Crippen molar-refractivity contribution in [3.8, 4) is 5.75 Å². The molecule has 162 valence electrons. The highest BCUT2D eigenvalue weighted by Gasteiger charge is 2.24. The predicted octanol–water partition coefficient (Wildman–Crippen LogP) is 5.33. The topological polar surface area (TPSA) is 84.9 Å². The van der Waals surface area contributed by atoms with Gasteiger partial charge in [0.25, 0.3) is 0 Å².